The predicted octanol–water partition coefficient (Wildman–Crippen LogP) is 5.04. The Kier molecular flexibility index (Phi) is 5.35. The summed E-state index contributed by atoms with van der Waals surface area (Å²) in [6.45, 7) is 4.43. The summed E-state index contributed by atoms with van der Waals surface area (Å²) in [5.41, 5.74) is 3.42. The molecule has 27 heavy (non-hydrogen) atoms. The Balaban J connectivity index is 1.90. The molecule has 0 amide bonds. The smallest absolute Gasteiger partial charge is 0.337 e. The van der Waals surface area contributed by atoms with E-state index in [0.29, 0.717) is 18.0 Å². The van der Waals surface area contributed by atoms with Crippen molar-refractivity contribution in [1.82, 2.24) is 4.98 Å². The molecule has 138 valence electrons. The molecule has 5 nitrogen and oxygen atoms in total. The van der Waals surface area contributed by atoms with Crippen molar-refractivity contribution in [2.75, 3.05) is 11.9 Å². The number of aryl methyl sites for hydroxylation is 1. The largest absolute Gasteiger partial charge is 0.494 e. The monoisotopic (exact) mass is 366 g/mol. The highest BCUT2D eigenvalue weighted by atomic mass is 19.1. The molecule has 3 rings (SSSR count). The van der Waals surface area contributed by atoms with Gasteiger partial charge in [-0.3, -0.25) is 4.98 Å². The van der Waals surface area contributed by atoms with Gasteiger partial charge in [-0.25, -0.2) is 9.18 Å². The summed E-state index contributed by atoms with van der Waals surface area (Å²) in [6, 6.07) is 13.1. The van der Waals surface area contributed by atoms with Gasteiger partial charge in [-0.05, 0) is 55.8 Å². The van der Waals surface area contributed by atoms with Crippen LogP contribution in [0.4, 0.5) is 15.8 Å². The van der Waals surface area contributed by atoms with Gasteiger partial charge < -0.3 is 15.2 Å². The molecule has 0 spiro atoms. The zero-order chi connectivity index (χ0) is 19.4. The number of hydrogen-bond donors (Lipinski definition) is 2. The Morgan fingerprint density at radius 2 is 2.04 bits per heavy atom. The Labute approximate surface area is 156 Å². The fourth-order valence-electron chi connectivity index (χ4n) is 2.80. The van der Waals surface area contributed by atoms with Gasteiger partial charge in [-0.15, -0.1) is 0 Å². The van der Waals surface area contributed by atoms with E-state index in [1.807, 2.05) is 44.2 Å². The van der Waals surface area contributed by atoms with Crippen LogP contribution in [0, 0.1) is 12.7 Å². The van der Waals surface area contributed by atoms with Crippen LogP contribution in [0.2, 0.25) is 0 Å². The molecular weight excluding hydrogens is 347 g/mol. The number of aromatic nitrogens is 1. The van der Waals surface area contributed by atoms with Crippen LogP contribution in [-0.2, 0) is 0 Å². The lowest BCUT2D eigenvalue weighted by Gasteiger charge is -2.12. The highest BCUT2D eigenvalue weighted by Crippen LogP contribution is 2.28. The van der Waals surface area contributed by atoms with Gasteiger partial charge in [0.25, 0.3) is 0 Å². The number of aromatic carboxylic acids is 1. The van der Waals surface area contributed by atoms with E-state index in [4.69, 9.17) is 4.74 Å². The number of carbonyl (C=O) groups is 1. The van der Waals surface area contributed by atoms with Crippen LogP contribution in [0.15, 0.2) is 54.7 Å². The second-order valence-corrected chi connectivity index (χ2v) is 5.97. The maximum Gasteiger partial charge on any atom is 0.337 e. The van der Waals surface area contributed by atoms with Gasteiger partial charge in [-0.2, -0.15) is 0 Å². The molecule has 0 saturated carbocycles. The van der Waals surface area contributed by atoms with Crippen molar-refractivity contribution in [3.05, 3.63) is 71.7 Å². The minimum Gasteiger partial charge on any atom is -0.494 e. The van der Waals surface area contributed by atoms with E-state index in [9.17, 15) is 14.3 Å². The van der Waals surface area contributed by atoms with Crippen LogP contribution >= 0.6 is 0 Å². The molecule has 1 aromatic heterocycles. The van der Waals surface area contributed by atoms with Gasteiger partial charge in [0.15, 0.2) is 0 Å². The second-order valence-electron chi connectivity index (χ2n) is 5.97. The fourth-order valence-corrected chi connectivity index (χ4v) is 2.80. The molecule has 2 N–H and O–H groups in total. The van der Waals surface area contributed by atoms with Crippen LogP contribution in [0.3, 0.4) is 0 Å². The summed E-state index contributed by atoms with van der Waals surface area (Å²) in [4.78, 5) is 15.8. The topological polar surface area (TPSA) is 71.5 Å². The molecule has 0 unspecified atom stereocenters. The number of nitrogens with zero attached hydrogens (tertiary/aromatic N) is 1. The maximum atomic E-state index is 13.3. The average molecular weight is 366 g/mol. The normalized spacial score (nSPS) is 10.5. The second kappa shape index (κ2) is 7.86. The van der Waals surface area contributed by atoms with Gasteiger partial charge in [0, 0.05) is 5.56 Å². The molecule has 0 bridgehead atoms. The summed E-state index contributed by atoms with van der Waals surface area (Å²) in [5.74, 6) is -1.03. The van der Waals surface area contributed by atoms with E-state index in [-0.39, 0.29) is 5.56 Å². The van der Waals surface area contributed by atoms with Crippen molar-refractivity contribution in [1.29, 1.82) is 0 Å². The van der Waals surface area contributed by atoms with Crippen molar-refractivity contribution in [2.45, 2.75) is 13.8 Å². The third kappa shape index (κ3) is 4.23. The van der Waals surface area contributed by atoms with Crippen LogP contribution in [0.1, 0.15) is 22.8 Å². The van der Waals surface area contributed by atoms with Gasteiger partial charge >= 0.3 is 5.97 Å². The SMILES string of the molecule is CCOc1cccc(-c2ncc(Nc3ccc(F)cc3C(=O)O)cc2C)c1. The molecule has 1 heterocycles. The van der Waals surface area contributed by atoms with E-state index in [2.05, 4.69) is 10.3 Å². The number of anilines is 2. The summed E-state index contributed by atoms with van der Waals surface area (Å²) in [6.07, 6.45) is 1.62. The third-order valence-corrected chi connectivity index (χ3v) is 3.99. The Hall–Kier alpha value is -3.41. The molecule has 0 aliphatic rings. The molecule has 0 atom stereocenters. The first-order chi connectivity index (χ1) is 13.0. The first-order valence-electron chi connectivity index (χ1n) is 8.47. The lowest BCUT2D eigenvalue weighted by atomic mass is 10.1. The van der Waals surface area contributed by atoms with Crippen LogP contribution in [-0.4, -0.2) is 22.7 Å². The van der Waals surface area contributed by atoms with Crippen LogP contribution < -0.4 is 10.1 Å². The molecule has 3 aromatic rings. The molecule has 0 saturated heterocycles. The zero-order valence-corrected chi connectivity index (χ0v) is 15.0. The summed E-state index contributed by atoms with van der Waals surface area (Å²) >= 11 is 0. The summed E-state index contributed by atoms with van der Waals surface area (Å²) < 4.78 is 18.9. The molecule has 0 fully saturated rings. The maximum absolute atomic E-state index is 13.3. The molecular formula is C21H19FN2O3. The molecule has 0 radical (unpaired) electrons. The Bertz CT molecular complexity index is 989. The number of carboxylic acids is 1. The van der Waals surface area contributed by atoms with Gasteiger partial charge in [0.2, 0.25) is 0 Å². The minimum absolute atomic E-state index is 0.138. The van der Waals surface area contributed by atoms with E-state index >= 15 is 0 Å². The zero-order valence-electron chi connectivity index (χ0n) is 15.0. The van der Waals surface area contributed by atoms with Crippen molar-refractivity contribution in [3.8, 4) is 17.0 Å². The van der Waals surface area contributed by atoms with Crippen molar-refractivity contribution in [3.63, 3.8) is 0 Å². The van der Waals surface area contributed by atoms with E-state index < -0.39 is 11.8 Å². The number of rotatable bonds is 6. The quantitative estimate of drug-likeness (QED) is 0.640. The Morgan fingerprint density at radius 1 is 1.22 bits per heavy atom. The number of hydrogen-bond acceptors (Lipinski definition) is 4. The average Bonchev–Trinajstić information content (AvgIpc) is 2.64. The van der Waals surface area contributed by atoms with Gasteiger partial charge in [0.1, 0.15) is 11.6 Å². The van der Waals surface area contributed by atoms with Crippen molar-refractivity contribution < 1.29 is 19.0 Å². The van der Waals surface area contributed by atoms with E-state index in [1.165, 1.54) is 12.1 Å². The summed E-state index contributed by atoms with van der Waals surface area (Å²) in [7, 11) is 0. The molecule has 0 aliphatic heterocycles. The van der Waals surface area contributed by atoms with Crippen molar-refractivity contribution in [2.24, 2.45) is 0 Å². The fraction of sp³-hybridized carbons (Fsp3) is 0.143. The standard InChI is InChI=1S/C21H19FN2O3/c1-3-27-17-6-4-5-14(10-17)20-13(2)9-16(12-23-20)24-19-8-7-15(22)11-18(19)21(25)26/h4-12,24H,3H2,1-2H3,(H,25,26). The lowest BCUT2D eigenvalue weighted by molar-refractivity contribution is 0.0697. The van der Waals surface area contributed by atoms with E-state index in [0.717, 1.165) is 28.6 Å². The number of carboxylic acid groups (broad SMARTS) is 1. The minimum atomic E-state index is -1.20. The molecule has 2 aromatic carbocycles. The number of benzene rings is 2. The Morgan fingerprint density at radius 3 is 2.74 bits per heavy atom. The highest BCUT2D eigenvalue weighted by molar-refractivity contribution is 5.95. The number of nitrogens with one attached hydrogen (secondary N) is 1. The first-order valence-corrected chi connectivity index (χ1v) is 8.47. The summed E-state index contributed by atoms with van der Waals surface area (Å²) in [5, 5.41) is 12.2. The van der Waals surface area contributed by atoms with Crippen LogP contribution in [0.25, 0.3) is 11.3 Å². The third-order valence-electron chi connectivity index (χ3n) is 3.99. The number of ether oxygens (including phenoxy) is 1. The molecule has 6 heteroatoms. The first kappa shape index (κ1) is 18.4. The number of halogens is 1. The number of pyridine rings is 1. The lowest BCUT2D eigenvalue weighted by Crippen LogP contribution is -2.04. The highest BCUT2D eigenvalue weighted by Gasteiger charge is 2.13. The van der Waals surface area contributed by atoms with Gasteiger partial charge in [0.05, 0.1) is 35.4 Å². The predicted molar refractivity (Wildman–Crippen MR) is 102 cm³/mol. The van der Waals surface area contributed by atoms with Crippen LogP contribution in [0.5, 0.6) is 5.75 Å². The van der Waals surface area contributed by atoms with Gasteiger partial charge in [-0.1, -0.05) is 12.1 Å². The van der Waals surface area contributed by atoms with E-state index in [1.54, 1.807) is 6.20 Å². The van der Waals surface area contributed by atoms with Crippen molar-refractivity contribution >= 4 is 17.3 Å². The molecule has 0 aliphatic carbocycles.